The molecule has 130 valence electrons. The quantitative estimate of drug-likeness (QED) is 0.848. The highest BCUT2D eigenvalue weighted by molar-refractivity contribution is 7.11. The molecule has 9 heteroatoms. The lowest BCUT2D eigenvalue weighted by molar-refractivity contribution is -0.141. The minimum atomic E-state index is -4.42. The van der Waals surface area contributed by atoms with E-state index < -0.39 is 11.9 Å². The van der Waals surface area contributed by atoms with Crippen LogP contribution in [0.3, 0.4) is 0 Å². The number of hydrogen-bond donors (Lipinski definition) is 0. The van der Waals surface area contributed by atoms with Gasteiger partial charge in [0.15, 0.2) is 5.69 Å². The SMILES string of the molecule is Cc1ncsc1C(=O)N(C)CC1CCc2nc(C(F)(F)F)cn2C1. The van der Waals surface area contributed by atoms with Crippen LogP contribution in [0.25, 0.3) is 0 Å². The number of imidazole rings is 1. The minimum absolute atomic E-state index is 0.0950. The fourth-order valence-electron chi connectivity index (χ4n) is 2.95. The summed E-state index contributed by atoms with van der Waals surface area (Å²) in [6.07, 6.45) is -2.15. The maximum atomic E-state index is 12.7. The van der Waals surface area contributed by atoms with Crippen LogP contribution in [0.5, 0.6) is 0 Å². The smallest absolute Gasteiger partial charge is 0.341 e. The fraction of sp³-hybridized carbons (Fsp3) is 0.533. The number of halogens is 3. The van der Waals surface area contributed by atoms with Gasteiger partial charge in [0.2, 0.25) is 0 Å². The zero-order valence-corrected chi connectivity index (χ0v) is 14.1. The average molecular weight is 358 g/mol. The van der Waals surface area contributed by atoms with Crippen LogP contribution in [0.1, 0.15) is 33.3 Å². The third-order valence-electron chi connectivity index (χ3n) is 4.20. The van der Waals surface area contributed by atoms with Crippen molar-refractivity contribution in [2.24, 2.45) is 5.92 Å². The highest BCUT2D eigenvalue weighted by Gasteiger charge is 2.36. The van der Waals surface area contributed by atoms with Crippen LogP contribution >= 0.6 is 11.3 Å². The molecule has 1 aliphatic heterocycles. The maximum absolute atomic E-state index is 12.7. The number of alkyl halides is 3. The molecule has 0 aromatic carbocycles. The van der Waals surface area contributed by atoms with Crippen LogP contribution < -0.4 is 0 Å². The number of hydrogen-bond acceptors (Lipinski definition) is 4. The van der Waals surface area contributed by atoms with Gasteiger partial charge in [-0.25, -0.2) is 9.97 Å². The molecule has 2 aromatic rings. The molecule has 0 spiro atoms. The molecule has 0 bridgehead atoms. The fourth-order valence-corrected chi connectivity index (χ4v) is 3.75. The zero-order valence-electron chi connectivity index (χ0n) is 13.3. The molecule has 3 rings (SSSR count). The molecule has 0 saturated carbocycles. The molecule has 0 radical (unpaired) electrons. The van der Waals surface area contributed by atoms with E-state index in [2.05, 4.69) is 9.97 Å². The molecule has 1 atom stereocenters. The van der Waals surface area contributed by atoms with E-state index in [-0.39, 0.29) is 11.8 Å². The summed E-state index contributed by atoms with van der Waals surface area (Å²) in [5.41, 5.74) is 1.49. The number of aryl methyl sites for hydroxylation is 2. The van der Waals surface area contributed by atoms with Crippen molar-refractivity contribution in [2.75, 3.05) is 13.6 Å². The van der Waals surface area contributed by atoms with Crippen LogP contribution in [0.2, 0.25) is 0 Å². The van der Waals surface area contributed by atoms with Crippen molar-refractivity contribution < 1.29 is 18.0 Å². The Hall–Kier alpha value is -1.90. The van der Waals surface area contributed by atoms with Gasteiger partial charge in [-0.2, -0.15) is 13.2 Å². The third-order valence-corrected chi connectivity index (χ3v) is 5.12. The molecule has 0 N–H and O–H groups in total. The minimum Gasteiger partial charge on any atom is -0.341 e. The lowest BCUT2D eigenvalue weighted by atomic mass is 9.99. The summed E-state index contributed by atoms with van der Waals surface area (Å²) in [6, 6.07) is 0. The van der Waals surface area contributed by atoms with Gasteiger partial charge in [-0.05, 0) is 19.3 Å². The van der Waals surface area contributed by atoms with Gasteiger partial charge in [-0.15, -0.1) is 11.3 Å². The van der Waals surface area contributed by atoms with Crippen molar-refractivity contribution in [3.63, 3.8) is 0 Å². The predicted octanol–water partition coefficient (Wildman–Crippen LogP) is 3.00. The molecule has 2 aromatic heterocycles. The van der Waals surface area contributed by atoms with E-state index in [0.717, 1.165) is 6.20 Å². The monoisotopic (exact) mass is 358 g/mol. The molecule has 0 aliphatic carbocycles. The molecule has 1 aliphatic rings. The Kier molecular flexibility index (Phi) is 4.37. The van der Waals surface area contributed by atoms with Crippen LogP contribution in [0.4, 0.5) is 13.2 Å². The molecule has 0 fully saturated rings. The molecular formula is C15H17F3N4OS. The highest BCUT2D eigenvalue weighted by Crippen LogP contribution is 2.31. The Bertz CT molecular complexity index is 752. The second-order valence-corrected chi connectivity index (χ2v) is 6.90. The van der Waals surface area contributed by atoms with Crippen LogP contribution in [0.15, 0.2) is 11.7 Å². The number of nitrogens with zero attached hydrogens (tertiary/aromatic N) is 4. The number of carbonyl (C=O) groups excluding carboxylic acids is 1. The summed E-state index contributed by atoms with van der Waals surface area (Å²) in [5, 5.41) is 0. The summed E-state index contributed by atoms with van der Waals surface area (Å²) >= 11 is 1.30. The first-order valence-electron chi connectivity index (χ1n) is 7.54. The molecular weight excluding hydrogens is 341 g/mol. The van der Waals surface area contributed by atoms with Gasteiger partial charge in [-0.3, -0.25) is 4.79 Å². The Morgan fingerprint density at radius 2 is 2.25 bits per heavy atom. The van der Waals surface area contributed by atoms with Crippen LogP contribution in [0, 0.1) is 12.8 Å². The first-order chi connectivity index (χ1) is 11.3. The number of fused-ring (bicyclic) bond motifs is 1. The molecule has 1 unspecified atom stereocenters. The van der Waals surface area contributed by atoms with Gasteiger partial charge in [0.05, 0.1) is 11.2 Å². The first kappa shape index (κ1) is 16.9. The van der Waals surface area contributed by atoms with Crippen LogP contribution in [-0.4, -0.2) is 38.9 Å². The van der Waals surface area contributed by atoms with E-state index in [1.807, 2.05) is 0 Å². The number of amides is 1. The second-order valence-electron chi connectivity index (χ2n) is 6.05. The standard InChI is InChI=1S/C15H17F3N4OS/c1-9-13(24-8-19-9)14(23)21(2)5-10-3-4-12-20-11(15(16,17)18)7-22(12)6-10/h7-8,10H,3-6H2,1-2H3. The van der Waals surface area contributed by atoms with Crippen molar-refractivity contribution in [3.8, 4) is 0 Å². The molecule has 5 nitrogen and oxygen atoms in total. The number of aromatic nitrogens is 3. The Balaban J connectivity index is 1.66. The largest absolute Gasteiger partial charge is 0.434 e. The van der Waals surface area contributed by atoms with Gasteiger partial charge in [0, 0.05) is 32.8 Å². The Labute approximate surface area is 141 Å². The normalized spacial score (nSPS) is 17.6. The Morgan fingerprint density at radius 3 is 2.88 bits per heavy atom. The van der Waals surface area contributed by atoms with Gasteiger partial charge in [0.25, 0.3) is 5.91 Å². The summed E-state index contributed by atoms with van der Waals surface area (Å²) < 4.78 is 39.8. The number of carbonyl (C=O) groups is 1. The first-order valence-corrected chi connectivity index (χ1v) is 8.42. The third kappa shape index (κ3) is 3.31. The van der Waals surface area contributed by atoms with Crippen molar-refractivity contribution in [3.05, 3.63) is 33.8 Å². The Morgan fingerprint density at radius 1 is 1.50 bits per heavy atom. The molecule has 0 saturated heterocycles. The van der Waals surface area contributed by atoms with Crippen LogP contribution in [-0.2, 0) is 19.1 Å². The topological polar surface area (TPSA) is 51.0 Å². The summed E-state index contributed by atoms with van der Waals surface area (Å²) in [4.78, 5) is 22.4. The number of rotatable bonds is 3. The lowest BCUT2D eigenvalue weighted by Crippen LogP contribution is -2.35. The maximum Gasteiger partial charge on any atom is 0.434 e. The van der Waals surface area contributed by atoms with Gasteiger partial charge < -0.3 is 9.47 Å². The van der Waals surface area contributed by atoms with E-state index in [0.29, 0.717) is 42.3 Å². The van der Waals surface area contributed by atoms with Crippen molar-refractivity contribution in [2.45, 2.75) is 32.5 Å². The van der Waals surface area contributed by atoms with E-state index in [4.69, 9.17) is 0 Å². The molecule has 3 heterocycles. The van der Waals surface area contributed by atoms with E-state index in [1.165, 1.54) is 11.3 Å². The van der Waals surface area contributed by atoms with Crippen molar-refractivity contribution in [1.29, 1.82) is 0 Å². The molecule has 24 heavy (non-hydrogen) atoms. The van der Waals surface area contributed by atoms with E-state index >= 15 is 0 Å². The summed E-state index contributed by atoms with van der Waals surface area (Å²) in [7, 11) is 1.71. The van der Waals surface area contributed by atoms with Gasteiger partial charge in [0.1, 0.15) is 10.7 Å². The van der Waals surface area contributed by atoms with Gasteiger partial charge in [-0.1, -0.05) is 0 Å². The summed E-state index contributed by atoms with van der Waals surface area (Å²) in [6.45, 7) is 2.72. The van der Waals surface area contributed by atoms with E-state index in [1.54, 1.807) is 28.9 Å². The predicted molar refractivity (Wildman–Crippen MR) is 82.9 cm³/mol. The van der Waals surface area contributed by atoms with Crippen molar-refractivity contribution >= 4 is 17.2 Å². The lowest BCUT2D eigenvalue weighted by Gasteiger charge is -2.28. The average Bonchev–Trinajstić information content (AvgIpc) is 3.11. The summed E-state index contributed by atoms with van der Waals surface area (Å²) in [5.74, 6) is 0.475. The highest BCUT2D eigenvalue weighted by atomic mass is 32.1. The molecule has 1 amide bonds. The van der Waals surface area contributed by atoms with Gasteiger partial charge >= 0.3 is 6.18 Å². The zero-order chi connectivity index (χ0) is 17.5. The number of thiazole rings is 1. The second kappa shape index (κ2) is 6.19. The van der Waals surface area contributed by atoms with E-state index in [9.17, 15) is 18.0 Å². The van der Waals surface area contributed by atoms with Crippen molar-refractivity contribution in [1.82, 2.24) is 19.4 Å².